The monoisotopic (exact) mass is 229 g/mol. The van der Waals surface area contributed by atoms with E-state index >= 15 is 0 Å². The van der Waals surface area contributed by atoms with Gasteiger partial charge >= 0.3 is 0 Å². The molecule has 1 heterocycles. The van der Waals surface area contributed by atoms with Crippen molar-refractivity contribution in [2.24, 2.45) is 0 Å². The van der Waals surface area contributed by atoms with E-state index < -0.39 is 0 Å². The summed E-state index contributed by atoms with van der Waals surface area (Å²) in [6, 6.07) is 3.51. The molecular weight excluding hydrogens is 217 g/mol. The SMILES string of the molecule is CCOc1c(F)cc([C@@H]2CCN2)cc1Cl. The van der Waals surface area contributed by atoms with E-state index in [1.54, 1.807) is 13.0 Å². The largest absolute Gasteiger partial charge is 0.489 e. The number of benzene rings is 1. The summed E-state index contributed by atoms with van der Waals surface area (Å²) in [7, 11) is 0. The highest BCUT2D eigenvalue weighted by atomic mass is 35.5. The zero-order valence-electron chi connectivity index (χ0n) is 8.52. The van der Waals surface area contributed by atoms with E-state index in [0.29, 0.717) is 11.6 Å². The Kier molecular flexibility index (Phi) is 3.12. The molecule has 0 saturated carbocycles. The van der Waals surface area contributed by atoms with Gasteiger partial charge in [0.1, 0.15) is 0 Å². The molecule has 1 saturated heterocycles. The zero-order chi connectivity index (χ0) is 10.8. The van der Waals surface area contributed by atoms with Crippen molar-refractivity contribution in [2.45, 2.75) is 19.4 Å². The minimum Gasteiger partial charge on any atom is -0.489 e. The molecule has 0 bridgehead atoms. The molecule has 1 N–H and O–H groups in total. The van der Waals surface area contributed by atoms with Crippen LogP contribution in [-0.2, 0) is 0 Å². The van der Waals surface area contributed by atoms with E-state index in [0.717, 1.165) is 18.5 Å². The van der Waals surface area contributed by atoms with Crippen molar-refractivity contribution in [3.8, 4) is 5.75 Å². The minimum absolute atomic E-state index is 0.155. The first kappa shape index (κ1) is 10.7. The molecule has 4 heteroatoms. The summed E-state index contributed by atoms with van der Waals surface area (Å²) in [5.41, 5.74) is 0.896. The first-order chi connectivity index (χ1) is 7.22. The number of nitrogens with one attached hydrogen (secondary N) is 1. The van der Waals surface area contributed by atoms with Crippen LogP contribution in [0, 0.1) is 5.82 Å². The lowest BCUT2D eigenvalue weighted by Gasteiger charge is -2.28. The number of hydrogen-bond donors (Lipinski definition) is 1. The molecule has 1 aromatic rings. The lowest BCUT2D eigenvalue weighted by Crippen LogP contribution is -2.34. The second-order valence-electron chi connectivity index (χ2n) is 3.54. The standard InChI is InChI=1S/C11H13ClFNO/c1-2-15-11-8(12)5-7(6-9(11)13)10-3-4-14-10/h5-6,10,14H,2-4H2,1H3/t10-/m0/s1. The van der Waals surface area contributed by atoms with Crippen LogP contribution in [0.1, 0.15) is 24.9 Å². The second-order valence-corrected chi connectivity index (χ2v) is 3.95. The van der Waals surface area contributed by atoms with Crippen molar-refractivity contribution in [1.82, 2.24) is 5.32 Å². The van der Waals surface area contributed by atoms with E-state index in [1.807, 2.05) is 0 Å². The molecule has 2 nitrogen and oxygen atoms in total. The smallest absolute Gasteiger partial charge is 0.173 e. The normalized spacial score (nSPS) is 19.8. The highest BCUT2D eigenvalue weighted by Crippen LogP contribution is 2.33. The molecule has 1 atom stereocenters. The molecule has 1 fully saturated rings. The van der Waals surface area contributed by atoms with Gasteiger partial charge in [0, 0.05) is 6.04 Å². The molecule has 2 rings (SSSR count). The maximum absolute atomic E-state index is 13.6. The van der Waals surface area contributed by atoms with E-state index in [1.165, 1.54) is 6.07 Å². The number of ether oxygens (including phenoxy) is 1. The Bertz CT molecular complexity index is 343. The average molecular weight is 230 g/mol. The van der Waals surface area contributed by atoms with Crippen LogP contribution in [0.5, 0.6) is 5.75 Å². The Morgan fingerprint density at radius 3 is 2.80 bits per heavy atom. The molecule has 0 aliphatic carbocycles. The Balaban J connectivity index is 2.29. The molecule has 1 aliphatic heterocycles. The fourth-order valence-corrected chi connectivity index (χ4v) is 1.91. The van der Waals surface area contributed by atoms with Crippen molar-refractivity contribution in [2.75, 3.05) is 13.2 Å². The number of rotatable bonds is 3. The van der Waals surface area contributed by atoms with E-state index in [4.69, 9.17) is 16.3 Å². The van der Waals surface area contributed by atoms with Crippen molar-refractivity contribution >= 4 is 11.6 Å². The fraction of sp³-hybridized carbons (Fsp3) is 0.455. The Hall–Kier alpha value is -0.800. The van der Waals surface area contributed by atoms with Crippen LogP contribution in [0.25, 0.3) is 0 Å². The average Bonchev–Trinajstić information content (AvgIpc) is 2.08. The summed E-state index contributed by atoms with van der Waals surface area (Å²) in [5.74, 6) is -0.227. The predicted octanol–water partition coefficient (Wildman–Crippen LogP) is 2.91. The first-order valence-electron chi connectivity index (χ1n) is 5.07. The highest BCUT2D eigenvalue weighted by molar-refractivity contribution is 6.32. The van der Waals surface area contributed by atoms with Crippen LogP contribution in [-0.4, -0.2) is 13.2 Å². The van der Waals surface area contributed by atoms with Crippen LogP contribution in [0.4, 0.5) is 4.39 Å². The van der Waals surface area contributed by atoms with E-state index in [-0.39, 0.29) is 17.6 Å². The maximum Gasteiger partial charge on any atom is 0.173 e. The third kappa shape index (κ3) is 2.08. The Morgan fingerprint density at radius 1 is 1.60 bits per heavy atom. The summed E-state index contributed by atoms with van der Waals surface area (Å²) in [5, 5.41) is 3.55. The first-order valence-corrected chi connectivity index (χ1v) is 5.45. The van der Waals surface area contributed by atoms with Gasteiger partial charge in [-0.25, -0.2) is 4.39 Å². The Labute approximate surface area is 93.4 Å². The van der Waals surface area contributed by atoms with Gasteiger partial charge in [-0.15, -0.1) is 0 Å². The lowest BCUT2D eigenvalue weighted by atomic mass is 9.98. The van der Waals surface area contributed by atoms with Crippen molar-refractivity contribution in [3.05, 3.63) is 28.5 Å². The molecule has 1 aromatic carbocycles. The van der Waals surface area contributed by atoms with Gasteiger partial charge < -0.3 is 10.1 Å². The molecule has 0 radical (unpaired) electrons. The third-order valence-corrected chi connectivity index (χ3v) is 2.82. The molecule has 15 heavy (non-hydrogen) atoms. The highest BCUT2D eigenvalue weighted by Gasteiger charge is 2.21. The molecule has 0 aromatic heterocycles. The van der Waals surface area contributed by atoms with Crippen LogP contribution >= 0.6 is 11.6 Å². The molecule has 0 amide bonds. The van der Waals surface area contributed by atoms with E-state index in [2.05, 4.69) is 5.32 Å². The van der Waals surface area contributed by atoms with Crippen molar-refractivity contribution in [1.29, 1.82) is 0 Å². The molecule has 0 unspecified atom stereocenters. The second kappa shape index (κ2) is 4.37. The van der Waals surface area contributed by atoms with Crippen LogP contribution in [0.3, 0.4) is 0 Å². The predicted molar refractivity (Wildman–Crippen MR) is 57.9 cm³/mol. The van der Waals surface area contributed by atoms with Crippen LogP contribution in [0.15, 0.2) is 12.1 Å². The lowest BCUT2D eigenvalue weighted by molar-refractivity contribution is 0.320. The minimum atomic E-state index is -0.381. The summed E-state index contributed by atoms with van der Waals surface area (Å²) in [6.07, 6.45) is 1.03. The van der Waals surface area contributed by atoms with E-state index in [9.17, 15) is 4.39 Å². The zero-order valence-corrected chi connectivity index (χ0v) is 9.27. The maximum atomic E-state index is 13.6. The van der Waals surface area contributed by atoms with Crippen LogP contribution in [0.2, 0.25) is 5.02 Å². The van der Waals surface area contributed by atoms with Gasteiger partial charge in [-0.05, 0) is 37.6 Å². The van der Waals surface area contributed by atoms with Crippen LogP contribution < -0.4 is 10.1 Å². The fourth-order valence-electron chi connectivity index (χ4n) is 1.64. The van der Waals surface area contributed by atoms with Gasteiger partial charge in [-0.3, -0.25) is 0 Å². The molecular formula is C11H13ClFNO. The molecule has 82 valence electrons. The van der Waals surface area contributed by atoms with Gasteiger partial charge in [0.25, 0.3) is 0 Å². The summed E-state index contributed by atoms with van der Waals surface area (Å²) in [6.45, 7) is 3.20. The van der Waals surface area contributed by atoms with Gasteiger partial charge in [0.15, 0.2) is 11.6 Å². The number of halogens is 2. The summed E-state index contributed by atoms with van der Waals surface area (Å²) < 4.78 is 18.7. The number of hydrogen-bond acceptors (Lipinski definition) is 2. The third-order valence-electron chi connectivity index (χ3n) is 2.54. The quantitative estimate of drug-likeness (QED) is 0.861. The summed E-state index contributed by atoms with van der Waals surface area (Å²) in [4.78, 5) is 0. The summed E-state index contributed by atoms with van der Waals surface area (Å²) >= 11 is 5.95. The molecule has 1 aliphatic rings. The van der Waals surface area contributed by atoms with Crippen molar-refractivity contribution in [3.63, 3.8) is 0 Å². The van der Waals surface area contributed by atoms with Gasteiger partial charge in [-0.2, -0.15) is 0 Å². The van der Waals surface area contributed by atoms with Gasteiger partial charge in [-0.1, -0.05) is 11.6 Å². The van der Waals surface area contributed by atoms with Crippen molar-refractivity contribution < 1.29 is 9.13 Å². The topological polar surface area (TPSA) is 21.3 Å². The van der Waals surface area contributed by atoms with Gasteiger partial charge in [0.05, 0.1) is 11.6 Å². The van der Waals surface area contributed by atoms with Gasteiger partial charge in [0.2, 0.25) is 0 Å². The Morgan fingerprint density at radius 2 is 2.33 bits per heavy atom. The molecule has 0 spiro atoms.